The van der Waals surface area contributed by atoms with Gasteiger partial charge in [0.25, 0.3) is 0 Å². The van der Waals surface area contributed by atoms with Crippen LogP contribution in [0.3, 0.4) is 0 Å². The molecule has 250 valence electrons. The number of carboxylic acid groups (broad SMARTS) is 1. The summed E-state index contributed by atoms with van der Waals surface area (Å²) in [5.74, 6) is -1.78. The summed E-state index contributed by atoms with van der Waals surface area (Å²) < 4.78 is 24.7. The second-order valence-corrected chi connectivity index (χ2v) is 12.6. The quantitative estimate of drug-likeness (QED) is 0.147. The summed E-state index contributed by atoms with van der Waals surface area (Å²) in [5.41, 5.74) is 2.39. The number of carboxylic acids is 1. The van der Waals surface area contributed by atoms with Crippen LogP contribution in [0, 0.1) is 11.7 Å². The molecule has 2 aliphatic heterocycles. The van der Waals surface area contributed by atoms with E-state index in [0.717, 1.165) is 22.3 Å². The molecule has 1 amide bonds. The van der Waals surface area contributed by atoms with E-state index in [1.54, 1.807) is 41.3 Å². The molecule has 0 aromatic heterocycles. The van der Waals surface area contributed by atoms with E-state index >= 15 is 0 Å². The molecule has 0 unspecified atom stereocenters. The van der Waals surface area contributed by atoms with Gasteiger partial charge in [-0.15, -0.1) is 0 Å². The van der Waals surface area contributed by atoms with Gasteiger partial charge in [0.2, 0.25) is 5.91 Å². The van der Waals surface area contributed by atoms with Crippen molar-refractivity contribution in [3.63, 3.8) is 0 Å². The number of benzene rings is 3. The molecule has 7 atom stereocenters. The number of amides is 1. The number of carbonyl (C=O) groups is 2. The molecule has 11 heteroatoms. The minimum absolute atomic E-state index is 0.149. The molecule has 0 spiro atoms. The van der Waals surface area contributed by atoms with Gasteiger partial charge in [-0.05, 0) is 79.8 Å². The predicted octanol–water partition coefficient (Wildman–Crippen LogP) is 3.35. The van der Waals surface area contributed by atoms with Crippen LogP contribution in [0.4, 0.5) is 10.1 Å². The first-order valence-corrected chi connectivity index (χ1v) is 15.5. The summed E-state index contributed by atoms with van der Waals surface area (Å²) in [6.07, 6.45) is -4.81. The van der Waals surface area contributed by atoms with Gasteiger partial charge in [0.1, 0.15) is 36.0 Å². The number of nitrogens with zero attached hydrogens (tertiary/aromatic N) is 1. The van der Waals surface area contributed by atoms with E-state index in [4.69, 9.17) is 9.47 Å². The van der Waals surface area contributed by atoms with Crippen molar-refractivity contribution in [3.8, 4) is 5.75 Å². The van der Waals surface area contributed by atoms with E-state index in [1.165, 1.54) is 26.0 Å². The molecule has 10 nitrogen and oxygen atoms in total. The summed E-state index contributed by atoms with van der Waals surface area (Å²) in [4.78, 5) is 26.9. The Kier molecular flexibility index (Phi) is 10.1. The molecule has 0 radical (unpaired) electrons. The maximum Gasteiger partial charge on any atom is 0.347 e. The average molecular weight is 650 g/mol. The lowest BCUT2D eigenvalue weighted by Crippen LogP contribution is -2.59. The number of aliphatic hydroxyl groups is 4. The number of hydrogen-bond acceptors (Lipinski definition) is 8. The van der Waals surface area contributed by atoms with Crippen molar-refractivity contribution in [1.29, 1.82) is 0 Å². The lowest BCUT2D eigenvalue weighted by atomic mass is 9.76. The third-order valence-electron chi connectivity index (χ3n) is 8.94. The molecule has 5 rings (SSSR count). The monoisotopic (exact) mass is 649 g/mol. The summed E-state index contributed by atoms with van der Waals surface area (Å²) >= 11 is 0. The van der Waals surface area contributed by atoms with Crippen molar-refractivity contribution in [2.45, 2.75) is 75.3 Å². The summed E-state index contributed by atoms with van der Waals surface area (Å²) in [6, 6.07) is 19.8. The average Bonchev–Trinajstić information content (AvgIpc) is 3.04. The smallest absolute Gasteiger partial charge is 0.347 e. The van der Waals surface area contributed by atoms with Crippen molar-refractivity contribution in [3.05, 3.63) is 107 Å². The topological polar surface area (TPSA) is 157 Å². The van der Waals surface area contributed by atoms with Crippen molar-refractivity contribution in [2.75, 3.05) is 11.5 Å². The molecule has 0 aliphatic carbocycles. The van der Waals surface area contributed by atoms with Gasteiger partial charge >= 0.3 is 5.97 Å². The van der Waals surface area contributed by atoms with Crippen LogP contribution < -0.4 is 9.64 Å². The molecule has 3 aromatic rings. The molecule has 2 aliphatic rings. The number of aliphatic hydroxyl groups excluding tert-OH is 4. The minimum atomic E-state index is -1.46. The van der Waals surface area contributed by atoms with Gasteiger partial charge in [0.05, 0.1) is 24.7 Å². The van der Waals surface area contributed by atoms with Gasteiger partial charge in [-0.2, -0.15) is 0 Å². The molecular formula is C36H40FNO9. The van der Waals surface area contributed by atoms with Crippen LogP contribution in [0.15, 0.2) is 84.9 Å². The second kappa shape index (κ2) is 13.9. The molecule has 2 heterocycles. The van der Waals surface area contributed by atoms with Crippen LogP contribution >= 0.6 is 0 Å². The highest BCUT2D eigenvalue weighted by Gasteiger charge is 2.50. The van der Waals surface area contributed by atoms with Crippen molar-refractivity contribution < 1.29 is 49.0 Å². The molecule has 5 N–H and O–H groups in total. The van der Waals surface area contributed by atoms with Gasteiger partial charge in [0, 0.05) is 12.1 Å². The summed E-state index contributed by atoms with van der Waals surface area (Å²) in [5, 5.41) is 49.7. The molecule has 0 bridgehead atoms. The number of ether oxygens (including phenoxy) is 2. The van der Waals surface area contributed by atoms with Gasteiger partial charge < -0.3 is 39.9 Å². The Morgan fingerprint density at radius 3 is 2.11 bits per heavy atom. The highest BCUT2D eigenvalue weighted by atomic mass is 19.1. The largest absolute Gasteiger partial charge is 0.478 e. The number of β-lactam (4-membered cyclic amide) rings is 1. The Balaban J connectivity index is 1.37. The number of aliphatic carboxylic acids is 1. The maximum absolute atomic E-state index is 13.7. The zero-order valence-corrected chi connectivity index (χ0v) is 26.2. The fraction of sp³-hybridized carbons (Fsp3) is 0.389. The highest BCUT2D eigenvalue weighted by Crippen LogP contribution is 2.47. The summed E-state index contributed by atoms with van der Waals surface area (Å²) in [7, 11) is 0. The number of aryl methyl sites for hydroxylation is 1. The van der Waals surface area contributed by atoms with Gasteiger partial charge in [-0.1, -0.05) is 48.6 Å². The standard InChI is InChI=1S/C36H40FNO9/c1-20(4-5-21-8-12-24(37)13-9-21)29-30(38(34(29)43)25-14-16-26(17-15-25)47-36(2,3)35(44)45)23-10-6-22(7-11-23)18-27-31(40)33(42)32(41)28(19-39)46-27/h6-17,27-33,39-42H,1,4-5,18-19H2,2-3H3,(H,44,45)/t27-,28+,29+,30+,31-,32+,33+/m0/s1. The third kappa shape index (κ3) is 7.24. The van der Waals surface area contributed by atoms with Crippen molar-refractivity contribution in [2.24, 2.45) is 5.92 Å². The lowest BCUT2D eigenvalue weighted by molar-refractivity contribution is -0.228. The van der Waals surface area contributed by atoms with Crippen molar-refractivity contribution >= 4 is 17.6 Å². The summed E-state index contributed by atoms with van der Waals surface area (Å²) in [6.45, 7) is 6.64. The van der Waals surface area contributed by atoms with E-state index in [1.807, 2.05) is 24.3 Å². The Morgan fingerprint density at radius 2 is 1.51 bits per heavy atom. The number of rotatable bonds is 12. The van der Waals surface area contributed by atoms with E-state index < -0.39 is 60.7 Å². The maximum atomic E-state index is 13.7. The zero-order chi connectivity index (χ0) is 34.0. The first-order chi connectivity index (χ1) is 22.3. The van der Waals surface area contributed by atoms with Gasteiger partial charge in [-0.3, -0.25) is 4.79 Å². The Morgan fingerprint density at radius 1 is 0.915 bits per heavy atom. The number of halogens is 1. The van der Waals surface area contributed by atoms with Gasteiger partial charge in [0.15, 0.2) is 5.60 Å². The predicted molar refractivity (Wildman–Crippen MR) is 170 cm³/mol. The molecule has 3 aromatic carbocycles. The first kappa shape index (κ1) is 34.2. The SMILES string of the molecule is C=C(CCc1ccc(F)cc1)[C@H]1C(=O)N(c2ccc(OC(C)(C)C(=O)O)cc2)[C@@H]1c1ccc(C[C@@H]2O[C@H](CO)[C@@H](O)[C@H](O)[C@H]2O)cc1. The fourth-order valence-electron chi connectivity index (χ4n) is 6.07. The van der Waals surface area contributed by atoms with Crippen LogP contribution in [0.1, 0.15) is 43.0 Å². The number of carbonyl (C=O) groups excluding carboxylic acids is 1. The van der Waals surface area contributed by atoms with E-state index in [-0.39, 0.29) is 18.1 Å². The molecule has 47 heavy (non-hydrogen) atoms. The minimum Gasteiger partial charge on any atom is -0.478 e. The number of anilines is 1. The van der Waals surface area contributed by atoms with Crippen LogP contribution in [0.2, 0.25) is 0 Å². The van der Waals surface area contributed by atoms with E-state index in [0.29, 0.717) is 24.3 Å². The third-order valence-corrected chi connectivity index (χ3v) is 8.94. The highest BCUT2D eigenvalue weighted by molar-refractivity contribution is 6.05. The Labute approximate surface area is 272 Å². The fourth-order valence-corrected chi connectivity index (χ4v) is 6.07. The van der Waals surface area contributed by atoms with Crippen LogP contribution in [0.5, 0.6) is 5.75 Å². The van der Waals surface area contributed by atoms with E-state index in [2.05, 4.69) is 6.58 Å². The Bertz CT molecular complexity index is 1570. The van der Waals surface area contributed by atoms with Gasteiger partial charge in [-0.25, -0.2) is 9.18 Å². The lowest BCUT2D eigenvalue weighted by Gasteiger charge is -2.48. The van der Waals surface area contributed by atoms with Crippen molar-refractivity contribution in [1.82, 2.24) is 0 Å². The molecule has 2 fully saturated rings. The van der Waals surface area contributed by atoms with Crippen LogP contribution in [-0.2, 0) is 27.2 Å². The second-order valence-electron chi connectivity index (χ2n) is 12.6. The molecular weight excluding hydrogens is 609 g/mol. The van der Waals surface area contributed by atoms with Crippen LogP contribution in [0.25, 0.3) is 0 Å². The number of hydrogen-bond donors (Lipinski definition) is 5. The van der Waals surface area contributed by atoms with Crippen LogP contribution in [-0.4, -0.2) is 80.1 Å². The molecule has 2 saturated heterocycles. The normalized spacial score (nSPS) is 26.1. The van der Waals surface area contributed by atoms with E-state index in [9.17, 15) is 39.5 Å². The Hall–Kier alpha value is -4.13. The first-order valence-electron chi connectivity index (χ1n) is 15.5. The zero-order valence-electron chi connectivity index (χ0n) is 26.2. The molecule has 0 saturated carbocycles.